The summed E-state index contributed by atoms with van der Waals surface area (Å²) in [6.45, 7) is 0.826. The Balaban J connectivity index is 2.32. The number of anilines is 1. The normalized spacial score (nSPS) is 19.1. The predicted octanol–water partition coefficient (Wildman–Crippen LogP) is 2.71. The number of benzene rings is 1. The fourth-order valence-electron chi connectivity index (χ4n) is 1.99. The number of carboxylic acid groups (broad SMARTS) is 1. The van der Waals surface area contributed by atoms with Gasteiger partial charge in [0.05, 0.1) is 6.42 Å². The summed E-state index contributed by atoms with van der Waals surface area (Å²) in [4.78, 5) is 10.7. The molecule has 1 aromatic rings. The second-order valence-corrected chi connectivity index (χ2v) is 4.18. The highest BCUT2D eigenvalue weighted by Gasteiger charge is 2.22. The van der Waals surface area contributed by atoms with Gasteiger partial charge in [0.1, 0.15) is 0 Å². The van der Waals surface area contributed by atoms with Crippen LogP contribution in [0, 0.1) is 0 Å². The molecule has 2 N–H and O–H groups in total. The Kier molecular flexibility index (Phi) is 2.82. The van der Waals surface area contributed by atoms with Crippen LogP contribution in [0.5, 0.6) is 0 Å². The Morgan fingerprint density at radius 1 is 1.60 bits per heavy atom. The van der Waals surface area contributed by atoms with Crippen LogP contribution in [0.25, 0.3) is 0 Å². The van der Waals surface area contributed by atoms with Crippen LogP contribution < -0.4 is 5.32 Å². The Morgan fingerprint density at radius 3 is 3.13 bits per heavy atom. The molecule has 0 bridgehead atoms. The minimum absolute atomic E-state index is 0.0810. The van der Waals surface area contributed by atoms with Gasteiger partial charge in [-0.1, -0.05) is 11.6 Å². The second kappa shape index (κ2) is 4.11. The molecule has 1 aliphatic heterocycles. The van der Waals surface area contributed by atoms with E-state index in [1.165, 1.54) is 0 Å². The average molecular weight is 226 g/mol. The van der Waals surface area contributed by atoms with E-state index < -0.39 is 5.97 Å². The van der Waals surface area contributed by atoms with Gasteiger partial charge in [-0.3, -0.25) is 4.79 Å². The van der Waals surface area contributed by atoms with Gasteiger partial charge < -0.3 is 10.4 Å². The summed E-state index contributed by atoms with van der Waals surface area (Å²) in [7, 11) is 0. The molecule has 1 unspecified atom stereocenters. The van der Waals surface area contributed by atoms with Crippen LogP contribution in [-0.2, 0) is 4.79 Å². The van der Waals surface area contributed by atoms with Crippen molar-refractivity contribution in [1.29, 1.82) is 0 Å². The first-order chi connectivity index (χ1) is 7.16. The Hall–Kier alpha value is -1.22. The van der Waals surface area contributed by atoms with Gasteiger partial charge in [0, 0.05) is 17.3 Å². The van der Waals surface area contributed by atoms with Crippen molar-refractivity contribution in [3.8, 4) is 0 Å². The number of aliphatic carboxylic acids is 1. The lowest BCUT2D eigenvalue weighted by atomic mass is 9.88. The largest absolute Gasteiger partial charge is 0.481 e. The zero-order chi connectivity index (χ0) is 10.8. The zero-order valence-corrected chi connectivity index (χ0v) is 8.92. The van der Waals surface area contributed by atoms with Gasteiger partial charge in [0.2, 0.25) is 0 Å². The van der Waals surface area contributed by atoms with Crippen molar-refractivity contribution in [1.82, 2.24) is 0 Å². The van der Waals surface area contributed by atoms with Crippen LogP contribution in [0.4, 0.5) is 5.69 Å². The number of hydrogen-bond donors (Lipinski definition) is 2. The lowest BCUT2D eigenvalue weighted by Crippen LogP contribution is -2.18. The molecule has 1 heterocycles. The van der Waals surface area contributed by atoms with Crippen LogP contribution in [0.15, 0.2) is 18.2 Å². The number of rotatable bonds is 2. The van der Waals surface area contributed by atoms with E-state index in [0.717, 1.165) is 24.2 Å². The summed E-state index contributed by atoms with van der Waals surface area (Å²) in [5.74, 6) is -0.676. The molecule has 4 heteroatoms. The highest BCUT2D eigenvalue weighted by atomic mass is 35.5. The summed E-state index contributed by atoms with van der Waals surface area (Å²) in [6, 6.07) is 5.58. The first kappa shape index (κ1) is 10.3. The molecular weight excluding hydrogens is 214 g/mol. The van der Waals surface area contributed by atoms with Gasteiger partial charge in [0.25, 0.3) is 0 Å². The predicted molar refractivity (Wildman–Crippen MR) is 59.6 cm³/mol. The quantitative estimate of drug-likeness (QED) is 0.814. The standard InChI is InChI=1S/C11H12ClNO2/c12-8-1-2-10-9(6-8)7(3-4-13-10)5-11(14)15/h1-2,6-7,13H,3-5H2,(H,14,15). The van der Waals surface area contributed by atoms with E-state index in [-0.39, 0.29) is 12.3 Å². The number of nitrogens with one attached hydrogen (secondary N) is 1. The minimum atomic E-state index is -0.757. The highest BCUT2D eigenvalue weighted by molar-refractivity contribution is 6.30. The monoisotopic (exact) mass is 225 g/mol. The van der Waals surface area contributed by atoms with Gasteiger partial charge in [-0.15, -0.1) is 0 Å². The Morgan fingerprint density at radius 2 is 2.40 bits per heavy atom. The molecule has 1 aliphatic rings. The number of halogens is 1. The van der Waals surface area contributed by atoms with Crippen molar-refractivity contribution in [2.24, 2.45) is 0 Å². The molecule has 0 spiro atoms. The number of carboxylic acids is 1. The summed E-state index contributed by atoms with van der Waals surface area (Å²) in [6.07, 6.45) is 1.02. The number of hydrogen-bond acceptors (Lipinski definition) is 2. The molecule has 0 radical (unpaired) electrons. The summed E-state index contributed by atoms with van der Waals surface area (Å²) in [5.41, 5.74) is 2.04. The molecule has 0 aromatic heterocycles. The highest BCUT2D eigenvalue weighted by Crippen LogP contribution is 2.35. The van der Waals surface area contributed by atoms with Crippen LogP contribution in [0.3, 0.4) is 0 Å². The van der Waals surface area contributed by atoms with E-state index in [2.05, 4.69) is 5.32 Å². The molecule has 0 fully saturated rings. The van der Waals surface area contributed by atoms with Crippen LogP contribution in [-0.4, -0.2) is 17.6 Å². The smallest absolute Gasteiger partial charge is 0.303 e. The molecule has 0 saturated carbocycles. The van der Waals surface area contributed by atoms with Crippen molar-refractivity contribution >= 4 is 23.3 Å². The molecule has 1 atom stereocenters. The van der Waals surface area contributed by atoms with Crippen molar-refractivity contribution < 1.29 is 9.90 Å². The minimum Gasteiger partial charge on any atom is -0.481 e. The Labute approximate surface area is 93.1 Å². The van der Waals surface area contributed by atoms with E-state index >= 15 is 0 Å². The molecule has 0 amide bonds. The van der Waals surface area contributed by atoms with Crippen molar-refractivity contribution in [2.75, 3.05) is 11.9 Å². The van der Waals surface area contributed by atoms with Crippen molar-refractivity contribution in [3.05, 3.63) is 28.8 Å². The number of fused-ring (bicyclic) bond motifs is 1. The topological polar surface area (TPSA) is 49.3 Å². The fraction of sp³-hybridized carbons (Fsp3) is 0.364. The molecular formula is C11H12ClNO2. The average Bonchev–Trinajstić information content (AvgIpc) is 2.18. The van der Waals surface area contributed by atoms with Gasteiger partial charge in [-0.25, -0.2) is 0 Å². The summed E-state index contributed by atoms with van der Waals surface area (Å²) >= 11 is 5.90. The maximum atomic E-state index is 10.7. The summed E-state index contributed by atoms with van der Waals surface area (Å²) < 4.78 is 0. The van der Waals surface area contributed by atoms with Crippen molar-refractivity contribution in [2.45, 2.75) is 18.8 Å². The fourth-order valence-corrected chi connectivity index (χ4v) is 2.17. The molecule has 0 saturated heterocycles. The third-order valence-corrected chi connectivity index (χ3v) is 2.92. The van der Waals surface area contributed by atoms with E-state index in [0.29, 0.717) is 5.02 Å². The van der Waals surface area contributed by atoms with E-state index in [9.17, 15) is 4.79 Å². The maximum absolute atomic E-state index is 10.7. The van der Waals surface area contributed by atoms with Gasteiger partial charge in [-0.2, -0.15) is 0 Å². The van der Waals surface area contributed by atoms with E-state index in [1.54, 1.807) is 0 Å². The molecule has 3 nitrogen and oxygen atoms in total. The first-order valence-corrected chi connectivity index (χ1v) is 5.29. The number of carbonyl (C=O) groups is 1. The molecule has 0 aliphatic carbocycles. The first-order valence-electron chi connectivity index (χ1n) is 4.92. The van der Waals surface area contributed by atoms with Crippen LogP contribution >= 0.6 is 11.6 Å². The third-order valence-electron chi connectivity index (χ3n) is 2.68. The third kappa shape index (κ3) is 2.23. The zero-order valence-electron chi connectivity index (χ0n) is 8.16. The van der Waals surface area contributed by atoms with E-state index in [4.69, 9.17) is 16.7 Å². The molecule has 80 valence electrons. The van der Waals surface area contributed by atoms with Gasteiger partial charge in [-0.05, 0) is 36.1 Å². The molecule has 1 aromatic carbocycles. The lowest BCUT2D eigenvalue weighted by Gasteiger charge is -2.25. The Bertz CT molecular complexity index is 392. The SMILES string of the molecule is O=C(O)CC1CCNc2ccc(Cl)cc21. The van der Waals surface area contributed by atoms with Crippen LogP contribution in [0.1, 0.15) is 24.3 Å². The van der Waals surface area contributed by atoms with Gasteiger partial charge >= 0.3 is 5.97 Å². The maximum Gasteiger partial charge on any atom is 0.303 e. The van der Waals surface area contributed by atoms with E-state index in [1.807, 2.05) is 18.2 Å². The second-order valence-electron chi connectivity index (χ2n) is 3.74. The molecule has 2 rings (SSSR count). The summed E-state index contributed by atoms with van der Waals surface area (Å²) in [5, 5.41) is 12.7. The van der Waals surface area contributed by atoms with Crippen molar-refractivity contribution in [3.63, 3.8) is 0 Å². The molecule has 15 heavy (non-hydrogen) atoms. The van der Waals surface area contributed by atoms with Crippen LogP contribution in [0.2, 0.25) is 5.02 Å². The lowest BCUT2D eigenvalue weighted by molar-refractivity contribution is -0.137. The van der Waals surface area contributed by atoms with Gasteiger partial charge in [0.15, 0.2) is 0 Å².